The first-order chi connectivity index (χ1) is 9.83. The van der Waals surface area contributed by atoms with Gasteiger partial charge in [-0.3, -0.25) is 4.98 Å². The lowest BCUT2D eigenvalue weighted by atomic mass is 10.1. The first-order valence-corrected chi connectivity index (χ1v) is 6.77. The Morgan fingerprint density at radius 3 is 2.75 bits per heavy atom. The van der Waals surface area contributed by atoms with E-state index < -0.39 is 0 Å². The van der Waals surface area contributed by atoms with E-state index in [2.05, 4.69) is 27.5 Å². The molecule has 1 atom stereocenters. The van der Waals surface area contributed by atoms with Crippen LogP contribution >= 0.6 is 0 Å². The van der Waals surface area contributed by atoms with Crippen molar-refractivity contribution < 1.29 is 0 Å². The molecule has 0 aliphatic rings. The average molecular weight is 267 g/mol. The van der Waals surface area contributed by atoms with E-state index in [1.807, 2.05) is 54.3 Å². The van der Waals surface area contributed by atoms with Crippen molar-refractivity contribution in [1.82, 2.24) is 25.3 Å². The van der Waals surface area contributed by atoms with Gasteiger partial charge in [-0.15, -0.1) is 5.10 Å². The standard InChI is InChI=1S/C15H17N5/c1-3-12(16-2)13-9-8-11(10-17-13)20-15-7-5-4-6-14(15)18-19-20/h4-10,12,16H,3H2,1-2H3. The summed E-state index contributed by atoms with van der Waals surface area (Å²) in [7, 11) is 1.95. The molecule has 1 unspecified atom stereocenters. The molecule has 0 saturated heterocycles. The third-order valence-corrected chi connectivity index (χ3v) is 3.48. The van der Waals surface area contributed by atoms with E-state index >= 15 is 0 Å². The van der Waals surface area contributed by atoms with E-state index in [1.54, 1.807) is 0 Å². The number of aromatic nitrogens is 4. The Labute approximate surface area is 117 Å². The number of hydrogen-bond donors (Lipinski definition) is 1. The van der Waals surface area contributed by atoms with Crippen LogP contribution in [0.5, 0.6) is 0 Å². The quantitative estimate of drug-likeness (QED) is 0.789. The van der Waals surface area contributed by atoms with Crippen molar-refractivity contribution in [3.8, 4) is 5.69 Å². The zero-order valence-corrected chi connectivity index (χ0v) is 11.6. The predicted molar refractivity (Wildman–Crippen MR) is 78.8 cm³/mol. The van der Waals surface area contributed by atoms with Crippen molar-refractivity contribution >= 4 is 11.0 Å². The summed E-state index contributed by atoms with van der Waals surface area (Å²) in [5.41, 5.74) is 3.84. The fraction of sp³-hybridized carbons (Fsp3) is 0.267. The number of rotatable bonds is 4. The van der Waals surface area contributed by atoms with Crippen LogP contribution in [0.2, 0.25) is 0 Å². The Balaban J connectivity index is 1.99. The van der Waals surface area contributed by atoms with Crippen molar-refractivity contribution in [1.29, 1.82) is 0 Å². The number of nitrogens with one attached hydrogen (secondary N) is 1. The molecular weight excluding hydrogens is 250 g/mol. The molecule has 2 aromatic heterocycles. The molecule has 0 spiro atoms. The molecule has 1 aromatic carbocycles. The van der Waals surface area contributed by atoms with Crippen molar-refractivity contribution in [3.05, 3.63) is 48.3 Å². The van der Waals surface area contributed by atoms with Gasteiger partial charge in [0, 0.05) is 6.04 Å². The lowest BCUT2D eigenvalue weighted by Gasteiger charge is -2.13. The van der Waals surface area contributed by atoms with Gasteiger partial charge in [0.25, 0.3) is 0 Å². The number of pyridine rings is 1. The second kappa shape index (κ2) is 5.38. The molecule has 0 aliphatic heterocycles. The van der Waals surface area contributed by atoms with Crippen LogP contribution in [0.4, 0.5) is 0 Å². The van der Waals surface area contributed by atoms with Gasteiger partial charge in [-0.2, -0.15) is 0 Å². The Morgan fingerprint density at radius 2 is 2.05 bits per heavy atom. The van der Waals surface area contributed by atoms with E-state index in [9.17, 15) is 0 Å². The van der Waals surface area contributed by atoms with E-state index in [0.717, 1.165) is 28.8 Å². The monoisotopic (exact) mass is 267 g/mol. The zero-order chi connectivity index (χ0) is 13.9. The SMILES string of the molecule is CCC(NC)c1ccc(-n2nnc3ccccc32)cn1. The van der Waals surface area contributed by atoms with Gasteiger partial charge in [-0.25, -0.2) is 4.68 Å². The summed E-state index contributed by atoms with van der Waals surface area (Å²) < 4.78 is 1.81. The second-order valence-corrected chi connectivity index (χ2v) is 4.68. The lowest BCUT2D eigenvalue weighted by Crippen LogP contribution is -2.16. The van der Waals surface area contributed by atoms with E-state index in [-0.39, 0.29) is 6.04 Å². The number of hydrogen-bond acceptors (Lipinski definition) is 4. The Kier molecular flexibility index (Phi) is 3.43. The molecule has 3 aromatic rings. The van der Waals surface area contributed by atoms with Gasteiger partial charge in [0.05, 0.1) is 23.1 Å². The molecule has 102 valence electrons. The molecule has 0 radical (unpaired) electrons. The molecule has 0 amide bonds. The zero-order valence-electron chi connectivity index (χ0n) is 11.6. The summed E-state index contributed by atoms with van der Waals surface area (Å²) in [6.07, 6.45) is 2.85. The van der Waals surface area contributed by atoms with Crippen LogP contribution in [-0.2, 0) is 0 Å². The summed E-state index contributed by atoms with van der Waals surface area (Å²) in [5, 5.41) is 11.6. The summed E-state index contributed by atoms with van der Waals surface area (Å²) in [6.45, 7) is 2.14. The number of nitrogens with zero attached hydrogens (tertiary/aromatic N) is 4. The minimum absolute atomic E-state index is 0.288. The number of para-hydroxylation sites is 1. The van der Waals surface area contributed by atoms with Gasteiger partial charge in [0.1, 0.15) is 5.52 Å². The summed E-state index contributed by atoms with van der Waals surface area (Å²) in [5.74, 6) is 0. The van der Waals surface area contributed by atoms with Crippen molar-refractivity contribution in [2.75, 3.05) is 7.05 Å². The van der Waals surface area contributed by atoms with E-state index in [4.69, 9.17) is 0 Å². The van der Waals surface area contributed by atoms with Crippen LogP contribution < -0.4 is 5.32 Å². The Bertz CT molecular complexity index is 698. The van der Waals surface area contributed by atoms with Gasteiger partial charge in [0.2, 0.25) is 0 Å². The maximum Gasteiger partial charge on any atom is 0.113 e. The minimum Gasteiger partial charge on any atom is -0.312 e. The molecular formula is C15H17N5. The molecule has 5 heteroatoms. The van der Waals surface area contributed by atoms with Gasteiger partial charge in [-0.1, -0.05) is 24.3 Å². The van der Waals surface area contributed by atoms with Gasteiger partial charge in [0.15, 0.2) is 0 Å². The maximum absolute atomic E-state index is 4.53. The highest BCUT2D eigenvalue weighted by Gasteiger charge is 2.10. The smallest absolute Gasteiger partial charge is 0.113 e. The molecule has 5 nitrogen and oxygen atoms in total. The topological polar surface area (TPSA) is 55.6 Å². The highest BCUT2D eigenvalue weighted by atomic mass is 15.4. The fourth-order valence-corrected chi connectivity index (χ4v) is 2.35. The molecule has 3 rings (SSSR count). The molecule has 0 saturated carbocycles. The number of benzene rings is 1. The molecule has 1 N–H and O–H groups in total. The Hall–Kier alpha value is -2.27. The first kappa shape index (κ1) is 12.7. The summed E-state index contributed by atoms with van der Waals surface area (Å²) >= 11 is 0. The highest BCUT2D eigenvalue weighted by Crippen LogP contribution is 2.18. The molecule has 2 heterocycles. The molecule has 0 aliphatic carbocycles. The van der Waals surface area contributed by atoms with Crippen LogP contribution in [0.25, 0.3) is 16.7 Å². The third-order valence-electron chi connectivity index (χ3n) is 3.48. The van der Waals surface area contributed by atoms with Gasteiger partial charge >= 0.3 is 0 Å². The maximum atomic E-state index is 4.53. The van der Waals surface area contributed by atoms with Crippen molar-refractivity contribution in [2.24, 2.45) is 0 Å². The fourth-order valence-electron chi connectivity index (χ4n) is 2.35. The largest absolute Gasteiger partial charge is 0.312 e. The second-order valence-electron chi connectivity index (χ2n) is 4.68. The lowest BCUT2D eigenvalue weighted by molar-refractivity contribution is 0.561. The summed E-state index contributed by atoms with van der Waals surface area (Å²) in [6, 6.07) is 12.3. The van der Waals surface area contributed by atoms with Crippen LogP contribution in [-0.4, -0.2) is 27.0 Å². The van der Waals surface area contributed by atoms with E-state index in [1.165, 1.54) is 0 Å². The summed E-state index contributed by atoms with van der Waals surface area (Å²) in [4.78, 5) is 4.53. The molecule has 0 bridgehead atoms. The van der Waals surface area contributed by atoms with Crippen LogP contribution in [0, 0.1) is 0 Å². The predicted octanol–water partition coefficient (Wildman–Crippen LogP) is 2.49. The van der Waals surface area contributed by atoms with Gasteiger partial charge in [-0.05, 0) is 37.7 Å². The highest BCUT2D eigenvalue weighted by molar-refractivity contribution is 5.75. The third kappa shape index (κ3) is 2.16. The number of fused-ring (bicyclic) bond motifs is 1. The van der Waals surface area contributed by atoms with Crippen molar-refractivity contribution in [2.45, 2.75) is 19.4 Å². The van der Waals surface area contributed by atoms with Gasteiger partial charge < -0.3 is 5.32 Å². The Morgan fingerprint density at radius 1 is 1.20 bits per heavy atom. The molecule has 0 fully saturated rings. The van der Waals surface area contributed by atoms with E-state index in [0.29, 0.717) is 0 Å². The minimum atomic E-state index is 0.288. The molecule has 20 heavy (non-hydrogen) atoms. The van der Waals surface area contributed by atoms with Crippen LogP contribution in [0.1, 0.15) is 25.1 Å². The first-order valence-electron chi connectivity index (χ1n) is 6.77. The average Bonchev–Trinajstić information content (AvgIpc) is 2.93. The van der Waals surface area contributed by atoms with Crippen LogP contribution in [0.15, 0.2) is 42.6 Å². The normalized spacial score (nSPS) is 12.7. The van der Waals surface area contributed by atoms with Crippen LogP contribution in [0.3, 0.4) is 0 Å². The van der Waals surface area contributed by atoms with Crippen molar-refractivity contribution in [3.63, 3.8) is 0 Å².